The molecular formula is C22H29N3O5. The van der Waals surface area contributed by atoms with E-state index >= 15 is 0 Å². The van der Waals surface area contributed by atoms with Crippen LogP contribution >= 0.6 is 0 Å². The topological polar surface area (TPSA) is 84.2 Å². The maximum atomic E-state index is 12.7. The summed E-state index contributed by atoms with van der Waals surface area (Å²) >= 11 is 0. The smallest absolute Gasteiger partial charge is 0.339 e. The lowest BCUT2D eigenvalue weighted by Gasteiger charge is -2.27. The monoisotopic (exact) mass is 415 g/mol. The maximum Gasteiger partial charge on any atom is 0.339 e. The van der Waals surface area contributed by atoms with E-state index < -0.39 is 0 Å². The number of carbonyl (C=O) groups excluding carboxylic acids is 1. The van der Waals surface area contributed by atoms with Crippen LogP contribution in [0.4, 0.5) is 10.5 Å². The molecule has 4 rings (SSSR count). The van der Waals surface area contributed by atoms with Crippen LogP contribution in [0.15, 0.2) is 21.3 Å². The first-order chi connectivity index (χ1) is 14.5. The minimum Gasteiger partial charge on any atom is -0.422 e. The fourth-order valence-corrected chi connectivity index (χ4v) is 4.07. The van der Waals surface area contributed by atoms with Crippen LogP contribution in [0, 0.1) is 13.8 Å². The van der Waals surface area contributed by atoms with Crippen LogP contribution in [0.25, 0.3) is 11.0 Å². The first kappa shape index (κ1) is 20.8. The summed E-state index contributed by atoms with van der Waals surface area (Å²) in [5.41, 5.74) is 3.32. The van der Waals surface area contributed by atoms with E-state index in [9.17, 15) is 9.59 Å². The highest BCUT2D eigenvalue weighted by Crippen LogP contribution is 2.28. The SMILES string of the molecule is Cc1c(CCN2CCOCC2)c(=O)oc2c(C)c(NC(=O)N3CCOCC3)ccc12. The molecule has 2 saturated heterocycles. The third-order valence-electron chi connectivity index (χ3n) is 6.03. The van der Waals surface area contributed by atoms with Gasteiger partial charge in [0, 0.05) is 54.9 Å². The molecule has 0 radical (unpaired) electrons. The van der Waals surface area contributed by atoms with E-state index in [-0.39, 0.29) is 11.7 Å². The number of fused-ring (bicyclic) bond motifs is 1. The zero-order chi connectivity index (χ0) is 21.1. The molecule has 3 heterocycles. The number of carbonyl (C=O) groups is 1. The zero-order valence-corrected chi connectivity index (χ0v) is 17.7. The Morgan fingerprint density at radius 2 is 1.67 bits per heavy atom. The molecular weight excluding hydrogens is 386 g/mol. The second-order valence-corrected chi connectivity index (χ2v) is 7.84. The molecule has 0 spiro atoms. The van der Waals surface area contributed by atoms with Crippen molar-refractivity contribution in [3.63, 3.8) is 0 Å². The van der Waals surface area contributed by atoms with Gasteiger partial charge in [0.05, 0.1) is 26.4 Å². The number of morpholine rings is 2. The quantitative estimate of drug-likeness (QED) is 0.771. The van der Waals surface area contributed by atoms with E-state index in [0.717, 1.165) is 54.9 Å². The number of ether oxygens (including phenoxy) is 2. The van der Waals surface area contributed by atoms with Crippen LogP contribution in [0.3, 0.4) is 0 Å². The lowest BCUT2D eigenvalue weighted by Crippen LogP contribution is -2.43. The van der Waals surface area contributed by atoms with E-state index in [1.54, 1.807) is 4.90 Å². The average molecular weight is 415 g/mol. The van der Waals surface area contributed by atoms with Crippen molar-refractivity contribution >= 4 is 22.7 Å². The van der Waals surface area contributed by atoms with Crippen LogP contribution in [0.5, 0.6) is 0 Å². The molecule has 0 aliphatic carbocycles. The van der Waals surface area contributed by atoms with E-state index in [1.165, 1.54) is 0 Å². The predicted molar refractivity (Wildman–Crippen MR) is 114 cm³/mol. The summed E-state index contributed by atoms with van der Waals surface area (Å²) in [6.45, 7) is 10.1. The largest absolute Gasteiger partial charge is 0.422 e. The van der Waals surface area contributed by atoms with Crippen molar-refractivity contribution in [2.45, 2.75) is 20.3 Å². The van der Waals surface area contributed by atoms with Gasteiger partial charge in [0.1, 0.15) is 5.58 Å². The van der Waals surface area contributed by atoms with Crippen LogP contribution in [-0.4, -0.2) is 75.0 Å². The van der Waals surface area contributed by atoms with Crippen molar-refractivity contribution in [2.75, 3.05) is 64.5 Å². The van der Waals surface area contributed by atoms with Gasteiger partial charge in [0.25, 0.3) is 0 Å². The third-order valence-corrected chi connectivity index (χ3v) is 6.03. The number of rotatable bonds is 4. The molecule has 2 aromatic rings. The Labute approximate surface area is 175 Å². The van der Waals surface area contributed by atoms with Gasteiger partial charge in [-0.2, -0.15) is 0 Å². The maximum absolute atomic E-state index is 12.7. The minimum atomic E-state index is -0.298. The van der Waals surface area contributed by atoms with Gasteiger partial charge in [-0.15, -0.1) is 0 Å². The van der Waals surface area contributed by atoms with Crippen molar-refractivity contribution < 1.29 is 18.7 Å². The fraction of sp³-hybridized carbons (Fsp3) is 0.545. The van der Waals surface area contributed by atoms with Gasteiger partial charge in [-0.25, -0.2) is 9.59 Å². The summed E-state index contributed by atoms with van der Waals surface area (Å²) in [6, 6.07) is 3.64. The lowest BCUT2D eigenvalue weighted by molar-refractivity contribution is 0.0383. The van der Waals surface area contributed by atoms with Crippen LogP contribution < -0.4 is 10.9 Å². The number of benzene rings is 1. The van der Waals surface area contributed by atoms with Crippen LogP contribution in [-0.2, 0) is 15.9 Å². The Hall–Kier alpha value is -2.42. The minimum absolute atomic E-state index is 0.165. The number of nitrogens with zero attached hydrogens (tertiary/aromatic N) is 2. The van der Waals surface area contributed by atoms with Gasteiger partial charge >= 0.3 is 11.7 Å². The Morgan fingerprint density at radius 1 is 1.00 bits per heavy atom. The molecule has 1 aromatic carbocycles. The lowest BCUT2D eigenvalue weighted by atomic mass is 10.0. The average Bonchev–Trinajstić information content (AvgIpc) is 2.77. The summed E-state index contributed by atoms with van der Waals surface area (Å²) in [4.78, 5) is 29.3. The molecule has 1 N–H and O–H groups in total. The van der Waals surface area contributed by atoms with Gasteiger partial charge in [-0.3, -0.25) is 4.90 Å². The summed E-state index contributed by atoms with van der Waals surface area (Å²) in [5, 5.41) is 3.86. The highest BCUT2D eigenvalue weighted by molar-refractivity contribution is 5.95. The van der Waals surface area contributed by atoms with Crippen molar-refractivity contribution in [3.05, 3.63) is 39.2 Å². The van der Waals surface area contributed by atoms with E-state index in [2.05, 4.69) is 10.2 Å². The standard InChI is InChI=1S/C22H29N3O5/c1-15-17-3-4-19(23-22(27)25-9-13-29-14-10-25)16(2)20(17)30-21(26)18(15)5-6-24-7-11-28-12-8-24/h3-4H,5-14H2,1-2H3,(H,23,27). The molecule has 0 atom stereocenters. The highest BCUT2D eigenvalue weighted by atomic mass is 16.5. The van der Waals surface area contributed by atoms with Gasteiger partial charge in [0.15, 0.2) is 0 Å². The van der Waals surface area contributed by atoms with Crippen molar-refractivity contribution in [2.24, 2.45) is 0 Å². The Bertz CT molecular complexity index is 975. The fourth-order valence-electron chi connectivity index (χ4n) is 4.07. The molecule has 2 fully saturated rings. The first-order valence-corrected chi connectivity index (χ1v) is 10.5. The van der Waals surface area contributed by atoms with Gasteiger partial charge in [-0.1, -0.05) is 0 Å². The molecule has 0 saturated carbocycles. The van der Waals surface area contributed by atoms with E-state index in [4.69, 9.17) is 13.9 Å². The number of hydrogen-bond donors (Lipinski definition) is 1. The number of anilines is 1. The van der Waals surface area contributed by atoms with Crippen molar-refractivity contribution in [3.8, 4) is 0 Å². The van der Waals surface area contributed by atoms with Gasteiger partial charge in [-0.05, 0) is 38.0 Å². The molecule has 0 unspecified atom stereocenters. The first-order valence-electron chi connectivity index (χ1n) is 10.5. The molecule has 2 amide bonds. The van der Waals surface area contributed by atoms with Gasteiger partial charge in [0.2, 0.25) is 0 Å². The van der Waals surface area contributed by atoms with Crippen molar-refractivity contribution in [1.82, 2.24) is 9.80 Å². The number of hydrogen-bond acceptors (Lipinski definition) is 6. The Kier molecular flexibility index (Phi) is 6.36. The summed E-state index contributed by atoms with van der Waals surface area (Å²) in [6.07, 6.45) is 0.651. The molecule has 2 aliphatic heterocycles. The summed E-state index contributed by atoms with van der Waals surface area (Å²) in [5.74, 6) is 0. The second kappa shape index (κ2) is 9.16. The number of aryl methyl sites for hydroxylation is 2. The number of urea groups is 1. The summed E-state index contributed by atoms with van der Waals surface area (Å²) < 4.78 is 16.4. The highest BCUT2D eigenvalue weighted by Gasteiger charge is 2.20. The molecule has 2 aliphatic rings. The molecule has 8 heteroatoms. The zero-order valence-electron chi connectivity index (χ0n) is 17.7. The van der Waals surface area contributed by atoms with Crippen molar-refractivity contribution in [1.29, 1.82) is 0 Å². The molecule has 1 aromatic heterocycles. The molecule has 8 nitrogen and oxygen atoms in total. The van der Waals surface area contributed by atoms with E-state index in [1.807, 2.05) is 26.0 Å². The molecule has 162 valence electrons. The van der Waals surface area contributed by atoms with Crippen LogP contribution in [0.1, 0.15) is 16.7 Å². The molecule has 30 heavy (non-hydrogen) atoms. The number of nitrogens with one attached hydrogen (secondary N) is 1. The Morgan fingerprint density at radius 3 is 2.37 bits per heavy atom. The Balaban J connectivity index is 1.55. The van der Waals surface area contributed by atoms with Gasteiger partial charge < -0.3 is 24.1 Å². The predicted octanol–water partition coefficient (Wildman–Crippen LogP) is 2.15. The molecule has 0 bridgehead atoms. The van der Waals surface area contributed by atoms with Crippen LogP contribution in [0.2, 0.25) is 0 Å². The van der Waals surface area contributed by atoms with E-state index in [0.29, 0.717) is 44.0 Å². The normalized spacial score (nSPS) is 18.0. The number of amides is 2. The second-order valence-electron chi connectivity index (χ2n) is 7.84. The summed E-state index contributed by atoms with van der Waals surface area (Å²) in [7, 11) is 0. The third kappa shape index (κ3) is 4.35.